The van der Waals surface area contributed by atoms with Gasteiger partial charge in [-0.15, -0.1) is 0 Å². The van der Waals surface area contributed by atoms with Crippen LogP contribution in [0.15, 0.2) is 42.0 Å². The molecule has 0 unspecified atom stereocenters. The number of rotatable bonds is 5. The van der Waals surface area contributed by atoms with Gasteiger partial charge >= 0.3 is 11.8 Å². The van der Waals surface area contributed by atoms with Gasteiger partial charge in [-0.1, -0.05) is 24.8 Å². The number of benzene rings is 1. The van der Waals surface area contributed by atoms with E-state index in [0.29, 0.717) is 25.4 Å². The Morgan fingerprint density at radius 3 is 2.83 bits per heavy atom. The normalized spacial score (nSPS) is 14.5. The van der Waals surface area contributed by atoms with Gasteiger partial charge in [0.1, 0.15) is 12.4 Å². The van der Waals surface area contributed by atoms with Gasteiger partial charge in [0.05, 0.1) is 6.21 Å². The minimum atomic E-state index is -0.706. The molecule has 0 aliphatic carbocycles. The number of carbonyl (C=O) groups is 2. The second-order valence-electron chi connectivity index (χ2n) is 5.22. The lowest BCUT2D eigenvalue weighted by atomic mass is 10.1. The first kappa shape index (κ1) is 16.7. The van der Waals surface area contributed by atoms with Crippen LogP contribution < -0.4 is 10.2 Å². The molecule has 1 fully saturated rings. The lowest BCUT2D eigenvalue weighted by Gasteiger charge is -2.25. The zero-order valence-corrected chi connectivity index (χ0v) is 13.0. The summed E-state index contributed by atoms with van der Waals surface area (Å²) < 4.78 is 5.41. The van der Waals surface area contributed by atoms with E-state index in [2.05, 4.69) is 17.1 Å². The van der Waals surface area contributed by atoms with Crippen molar-refractivity contribution in [3.63, 3.8) is 0 Å². The number of carbonyl (C=O) groups excluding carboxylic acids is 2. The van der Waals surface area contributed by atoms with E-state index in [-0.39, 0.29) is 0 Å². The Morgan fingerprint density at radius 1 is 1.30 bits per heavy atom. The number of piperidine rings is 1. The van der Waals surface area contributed by atoms with Crippen molar-refractivity contribution >= 4 is 18.0 Å². The van der Waals surface area contributed by atoms with Gasteiger partial charge < -0.3 is 9.64 Å². The summed E-state index contributed by atoms with van der Waals surface area (Å²) in [5.74, 6) is -0.545. The van der Waals surface area contributed by atoms with Gasteiger partial charge in [-0.05, 0) is 37.0 Å². The molecular formula is C17H21N3O3. The predicted octanol–water partition coefficient (Wildman–Crippen LogP) is 1.71. The third-order valence-corrected chi connectivity index (χ3v) is 3.44. The summed E-state index contributed by atoms with van der Waals surface area (Å²) in [7, 11) is 0. The Hall–Kier alpha value is -2.63. The van der Waals surface area contributed by atoms with Crippen molar-refractivity contribution < 1.29 is 14.3 Å². The number of nitrogens with one attached hydrogen (secondary N) is 1. The fourth-order valence-corrected chi connectivity index (χ4v) is 2.29. The van der Waals surface area contributed by atoms with Gasteiger partial charge in [-0.25, -0.2) is 5.43 Å². The van der Waals surface area contributed by atoms with Crippen molar-refractivity contribution in [2.24, 2.45) is 5.10 Å². The first-order valence-electron chi connectivity index (χ1n) is 7.67. The van der Waals surface area contributed by atoms with Crippen LogP contribution in [0.3, 0.4) is 0 Å². The SMILES string of the molecule is C=CCOc1cccc(/C=N/NC(=O)C(=O)N2CCCCC2)c1. The van der Waals surface area contributed by atoms with Crippen LogP contribution >= 0.6 is 0 Å². The predicted molar refractivity (Wildman–Crippen MR) is 88.3 cm³/mol. The maximum Gasteiger partial charge on any atom is 0.329 e. The number of amides is 2. The number of nitrogens with zero attached hydrogens (tertiary/aromatic N) is 2. The molecule has 2 rings (SSSR count). The van der Waals surface area contributed by atoms with Crippen molar-refractivity contribution in [3.05, 3.63) is 42.5 Å². The summed E-state index contributed by atoms with van der Waals surface area (Å²) in [4.78, 5) is 25.3. The van der Waals surface area contributed by atoms with Crippen molar-refractivity contribution in [2.75, 3.05) is 19.7 Å². The van der Waals surface area contributed by atoms with Crippen molar-refractivity contribution in [2.45, 2.75) is 19.3 Å². The molecular weight excluding hydrogens is 294 g/mol. The third-order valence-electron chi connectivity index (χ3n) is 3.44. The maximum atomic E-state index is 11.9. The first-order valence-corrected chi connectivity index (χ1v) is 7.67. The van der Waals surface area contributed by atoms with Crippen molar-refractivity contribution in [1.82, 2.24) is 10.3 Å². The Bertz CT molecular complexity index is 593. The molecule has 0 saturated carbocycles. The molecule has 0 spiro atoms. The van der Waals surface area contributed by atoms with Gasteiger partial charge in [-0.3, -0.25) is 9.59 Å². The highest BCUT2D eigenvalue weighted by Crippen LogP contribution is 2.12. The second-order valence-corrected chi connectivity index (χ2v) is 5.22. The van der Waals surface area contributed by atoms with Crippen LogP contribution in [-0.2, 0) is 9.59 Å². The third kappa shape index (κ3) is 5.25. The molecule has 0 atom stereocenters. The standard InChI is InChI=1S/C17H21N3O3/c1-2-11-23-15-8-6-7-14(12-15)13-18-19-16(21)17(22)20-9-4-3-5-10-20/h2,6-8,12-13H,1,3-5,9-11H2,(H,19,21)/b18-13+. The summed E-state index contributed by atoms with van der Waals surface area (Å²) in [6.07, 6.45) is 6.13. The van der Waals surface area contributed by atoms with E-state index in [1.54, 1.807) is 17.0 Å². The largest absolute Gasteiger partial charge is 0.490 e. The summed E-state index contributed by atoms with van der Waals surface area (Å²) in [6.45, 7) is 5.28. The quantitative estimate of drug-likeness (QED) is 0.389. The van der Waals surface area contributed by atoms with E-state index in [9.17, 15) is 9.59 Å². The summed E-state index contributed by atoms with van der Waals surface area (Å²) in [5, 5.41) is 3.83. The average Bonchev–Trinajstić information content (AvgIpc) is 2.60. The minimum Gasteiger partial charge on any atom is -0.490 e. The molecule has 0 bridgehead atoms. The fraction of sp³-hybridized carbons (Fsp3) is 0.353. The van der Waals surface area contributed by atoms with Crippen LogP contribution in [0.5, 0.6) is 5.75 Å². The highest BCUT2D eigenvalue weighted by atomic mass is 16.5. The Morgan fingerprint density at radius 2 is 2.09 bits per heavy atom. The van der Waals surface area contributed by atoms with E-state index in [1.807, 2.05) is 18.2 Å². The molecule has 2 amide bonds. The number of hydrogen-bond acceptors (Lipinski definition) is 4. The molecule has 1 saturated heterocycles. The van der Waals surface area contributed by atoms with Gasteiger partial charge in [0.2, 0.25) is 0 Å². The van der Waals surface area contributed by atoms with Gasteiger partial charge in [0, 0.05) is 13.1 Å². The van der Waals surface area contributed by atoms with Crippen molar-refractivity contribution in [1.29, 1.82) is 0 Å². The first-order chi connectivity index (χ1) is 11.2. The summed E-state index contributed by atoms with van der Waals surface area (Å²) in [5.41, 5.74) is 3.03. The van der Waals surface area contributed by atoms with Crippen LogP contribution in [0.2, 0.25) is 0 Å². The molecule has 23 heavy (non-hydrogen) atoms. The van der Waals surface area contributed by atoms with E-state index in [4.69, 9.17) is 4.74 Å². The molecule has 1 aromatic rings. The molecule has 1 aromatic carbocycles. The highest BCUT2D eigenvalue weighted by Gasteiger charge is 2.22. The molecule has 1 N–H and O–H groups in total. The van der Waals surface area contributed by atoms with Crippen LogP contribution in [0, 0.1) is 0 Å². The van der Waals surface area contributed by atoms with Crippen molar-refractivity contribution in [3.8, 4) is 5.75 Å². The zero-order chi connectivity index (χ0) is 16.5. The van der Waals surface area contributed by atoms with E-state index < -0.39 is 11.8 Å². The Labute approximate surface area is 135 Å². The lowest BCUT2D eigenvalue weighted by Crippen LogP contribution is -2.43. The molecule has 6 heteroatoms. The number of ether oxygens (including phenoxy) is 1. The van der Waals surface area contributed by atoms with Gasteiger partial charge in [-0.2, -0.15) is 5.10 Å². The topological polar surface area (TPSA) is 71.0 Å². The monoisotopic (exact) mass is 315 g/mol. The van der Waals surface area contributed by atoms with E-state index in [0.717, 1.165) is 24.8 Å². The molecule has 0 radical (unpaired) electrons. The number of likely N-dealkylation sites (tertiary alicyclic amines) is 1. The molecule has 1 aliphatic heterocycles. The average molecular weight is 315 g/mol. The zero-order valence-electron chi connectivity index (χ0n) is 13.0. The van der Waals surface area contributed by atoms with Crippen LogP contribution in [-0.4, -0.2) is 42.6 Å². The number of hydrazone groups is 1. The van der Waals surface area contributed by atoms with Crippen LogP contribution in [0.25, 0.3) is 0 Å². The smallest absolute Gasteiger partial charge is 0.329 e. The summed E-state index contributed by atoms with van der Waals surface area (Å²) >= 11 is 0. The van der Waals surface area contributed by atoms with Gasteiger partial charge in [0.25, 0.3) is 0 Å². The fourth-order valence-electron chi connectivity index (χ4n) is 2.29. The molecule has 6 nitrogen and oxygen atoms in total. The highest BCUT2D eigenvalue weighted by molar-refractivity contribution is 6.35. The minimum absolute atomic E-state index is 0.418. The Kier molecular flexibility index (Phi) is 6.35. The molecule has 1 aliphatic rings. The molecule has 1 heterocycles. The lowest BCUT2D eigenvalue weighted by molar-refractivity contribution is -0.146. The van der Waals surface area contributed by atoms with Crippen LogP contribution in [0.1, 0.15) is 24.8 Å². The van der Waals surface area contributed by atoms with Gasteiger partial charge in [0.15, 0.2) is 0 Å². The second kappa shape index (κ2) is 8.73. The molecule has 122 valence electrons. The number of hydrogen-bond donors (Lipinski definition) is 1. The van der Waals surface area contributed by atoms with Crippen LogP contribution in [0.4, 0.5) is 0 Å². The Balaban J connectivity index is 1.86. The molecule has 0 aromatic heterocycles. The summed E-state index contributed by atoms with van der Waals surface area (Å²) in [6, 6.07) is 7.24. The van der Waals surface area contributed by atoms with E-state index in [1.165, 1.54) is 6.21 Å². The van der Waals surface area contributed by atoms with E-state index >= 15 is 0 Å². The maximum absolute atomic E-state index is 11.9.